The van der Waals surface area contributed by atoms with Crippen LogP contribution in [-0.4, -0.2) is 15.2 Å². The Morgan fingerprint density at radius 2 is 2.06 bits per heavy atom. The van der Waals surface area contributed by atoms with E-state index in [9.17, 15) is 0 Å². The summed E-state index contributed by atoms with van der Waals surface area (Å²) in [7, 11) is 0. The third kappa shape index (κ3) is 3.28. The molecule has 1 aromatic heterocycles. The Morgan fingerprint density at radius 1 is 1.24 bits per heavy atom. The van der Waals surface area contributed by atoms with Crippen molar-refractivity contribution < 1.29 is 0 Å². The maximum Gasteiger partial charge on any atom is 0.245 e. The summed E-state index contributed by atoms with van der Waals surface area (Å²) in [5, 5.41) is 10.6. The highest BCUT2D eigenvalue weighted by Gasteiger charge is 2.05. The molecular weight excluding hydrogens is 259 g/mol. The Bertz CT molecular complexity index is 531. The number of nitrogens with one attached hydrogen (secondary N) is 1. The summed E-state index contributed by atoms with van der Waals surface area (Å²) >= 11 is 11.5. The summed E-state index contributed by atoms with van der Waals surface area (Å²) in [6.45, 7) is 2.65. The van der Waals surface area contributed by atoms with E-state index >= 15 is 0 Å². The van der Waals surface area contributed by atoms with Crippen LogP contribution in [-0.2, 0) is 6.54 Å². The second kappa shape index (κ2) is 5.29. The second-order valence-electron chi connectivity index (χ2n) is 3.56. The Hall–Kier alpha value is -1.39. The smallest absolute Gasteiger partial charge is 0.245 e. The van der Waals surface area contributed by atoms with E-state index in [0.29, 0.717) is 12.4 Å². The van der Waals surface area contributed by atoms with Gasteiger partial charge < -0.3 is 5.32 Å². The summed E-state index contributed by atoms with van der Waals surface area (Å²) < 4.78 is 0. The first-order valence-electron chi connectivity index (χ1n) is 5.00. The van der Waals surface area contributed by atoms with Crippen molar-refractivity contribution >= 4 is 29.0 Å². The van der Waals surface area contributed by atoms with Crippen molar-refractivity contribution in [2.75, 3.05) is 5.32 Å². The Kier molecular flexibility index (Phi) is 3.76. The van der Waals surface area contributed by atoms with Gasteiger partial charge in [0.1, 0.15) is 0 Å². The van der Waals surface area contributed by atoms with Crippen LogP contribution >= 0.6 is 23.2 Å². The molecule has 1 aromatic carbocycles. The third-order valence-electron chi connectivity index (χ3n) is 2.16. The van der Waals surface area contributed by atoms with Gasteiger partial charge in [-0.25, -0.2) is 0 Å². The Balaban J connectivity index is 2.09. The first kappa shape index (κ1) is 12.1. The minimum absolute atomic E-state index is 0.0705. The van der Waals surface area contributed by atoms with Crippen LogP contribution in [0.2, 0.25) is 10.4 Å². The zero-order valence-electron chi connectivity index (χ0n) is 9.11. The van der Waals surface area contributed by atoms with E-state index in [1.807, 2.05) is 25.1 Å². The first-order valence-corrected chi connectivity index (χ1v) is 5.76. The third-order valence-corrected chi connectivity index (χ3v) is 2.58. The van der Waals surface area contributed by atoms with Crippen molar-refractivity contribution in [3.05, 3.63) is 45.8 Å². The van der Waals surface area contributed by atoms with Crippen LogP contribution in [0, 0.1) is 6.92 Å². The highest BCUT2D eigenvalue weighted by Crippen LogP contribution is 2.17. The van der Waals surface area contributed by atoms with Gasteiger partial charge in [0, 0.05) is 6.54 Å². The summed E-state index contributed by atoms with van der Waals surface area (Å²) in [4.78, 5) is 3.96. The van der Waals surface area contributed by atoms with Crippen molar-refractivity contribution in [1.29, 1.82) is 0 Å². The molecular formula is C11H10Cl2N4. The summed E-state index contributed by atoms with van der Waals surface area (Å²) in [6.07, 6.45) is 0. The molecule has 2 aromatic rings. The van der Waals surface area contributed by atoms with Gasteiger partial charge in [-0.15, -0.1) is 10.2 Å². The number of benzene rings is 1. The lowest BCUT2D eigenvalue weighted by atomic mass is 10.1. The monoisotopic (exact) mass is 268 g/mol. The molecule has 1 N–H and O–H groups in total. The quantitative estimate of drug-likeness (QED) is 0.930. The fourth-order valence-electron chi connectivity index (χ4n) is 1.41. The molecule has 0 saturated heterocycles. The molecule has 0 amide bonds. The molecule has 0 saturated carbocycles. The molecule has 4 nitrogen and oxygen atoms in total. The molecule has 17 heavy (non-hydrogen) atoms. The average Bonchev–Trinajstić information content (AvgIpc) is 2.30. The maximum atomic E-state index is 5.84. The summed E-state index contributed by atoms with van der Waals surface area (Å²) in [6, 6.07) is 8.14. The lowest BCUT2D eigenvalue weighted by Crippen LogP contribution is -2.04. The number of rotatable bonds is 3. The number of aryl methyl sites for hydroxylation is 1. The zero-order valence-corrected chi connectivity index (χ0v) is 10.6. The van der Waals surface area contributed by atoms with Crippen LogP contribution in [0.1, 0.15) is 11.1 Å². The number of anilines is 1. The number of nitrogens with zero attached hydrogens (tertiary/aromatic N) is 3. The predicted octanol–water partition coefficient (Wildman–Crippen LogP) is 3.10. The van der Waals surface area contributed by atoms with Crippen LogP contribution in [0.4, 0.5) is 5.82 Å². The first-order chi connectivity index (χ1) is 8.15. The van der Waals surface area contributed by atoms with Crippen molar-refractivity contribution in [2.24, 2.45) is 0 Å². The Labute approximate surface area is 109 Å². The molecule has 0 spiro atoms. The lowest BCUT2D eigenvalue weighted by Gasteiger charge is -2.07. The summed E-state index contributed by atoms with van der Waals surface area (Å²) in [5.74, 6) is 0.438. The molecule has 2 rings (SSSR count). The van der Waals surface area contributed by atoms with E-state index in [1.165, 1.54) is 5.56 Å². The van der Waals surface area contributed by atoms with Gasteiger partial charge in [0.15, 0.2) is 11.0 Å². The fourth-order valence-corrected chi connectivity index (χ4v) is 1.68. The molecule has 0 bridgehead atoms. The van der Waals surface area contributed by atoms with E-state index < -0.39 is 0 Å². The van der Waals surface area contributed by atoms with E-state index in [2.05, 4.69) is 26.6 Å². The van der Waals surface area contributed by atoms with Gasteiger partial charge in [0.05, 0.1) is 0 Å². The van der Waals surface area contributed by atoms with Crippen LogP contribution in [0.3, 0.4) is 0 Å². The molecule has 0 radical (unpaired) electrons. The van der Waals surface area contributed by atoms with Crippen molar-refractivity contribution in [3.8, 4) is 0 Å². The molecule has 88 valence electrons. The van der Waals surface area contributed by atoms with Crippen molar-refractivity contribution in [3.63, 3.8) is 0 Å². The number of hydrogen-bond donors (Lipinski definition) is 1. The Morgan fingerprint density at radius 3 is 2.82 bits per heavy atom. The van der Waals surface area contributed by atoms with Crippen molar-refractivity contribution in [1.82, 2.24) is 15.2 Å². The van der Waals surface area contributed by atoms with Gasteiger partial charge in [0.2, 0.25) is 5.28 Å². The standard InChI is InChI=1S/C11H10Cl2N4/c1-7-3-2-4-8(5-7)6-14-10-9(12)16-17-11(13)15-10/h2-5H,6H2,1H3,(H,14,15,17). The summed E-state index contributed by atoms with van der Waals surface area (Å²) in [5.41, 5.74) is 2.34. The lowest BCUT2D eigenvalue weighted by molar-refractivity contribution is 0.958. The van der Waals surface area contributed by atoms with Crippen molar-refractivity contribution in [2.45, 2.75) is 13.5 Å². The largest absolute Gasteiger partial charge is 0.363 e. The van der Waals surface area contributed by atoms with E-state index in [-0.39, 0.29) is 10.4 Å². The second-order valence-corrected chi connectivity index (χ2v) is 4.26. The number of hydrogen-bond acceptors (Lipinski definition) is 4. The maximum absolute atomic E-state index is 5.84. The van der Waals surface area contributed by atoms with Crippen LogP contribution in [0.5, 0.6) is 0 Å². The molecule has 1 heterocycles. The van der Waals surface area contributed by atoms with E-state index in [0.717, 1.165) is 5.56 Å². The van der Waals surface area contributed by atoms with Crippen LogP contribution < -0.4 is 5.32 Å². The molecule has 0 aliphatic carbocycles. The zero-order chi connectivity index (χ0) is 12.3. The highest BCUT2D eigenvalue weighted by molar-refractivity contribution is 6.32. The van der Waals surface area contributed by atoms with Gasteiger partial charge in [0.25, 0.3) is 0 Å². The molecule has 0 aliphatic rings. The molecule has 0 fully saturated rings. The van der Waals surface area contributed by atoms with Gasteiger partial charge in [-0.3, -0.25) is 0 Å². The van der Waals surface area contributed by atoms with Gasteiger partial charge in [-0.2, -0.15) is 4.98 Å². The fraction of sp³-hybridized carbons (Fsp3) is 0.182. The van der Waals surface area contributed by atoms with Gasteiger partial charge in [-0.05, 0) is 24.1 Å². The van der Waals surface area contributed by atoms with Gasteiger partial charge in [-0.1, -0.05) is 41.4 Å². The molecule has 0 unspecified atom stereocenters. The normalized spacial score (nSPS) is 10.3. The minimum atomic E-state index is 0.0705. The minimum Gasteiger partial charge on any atom is -0.363 e. The molecule has 6 heteroatoms. The van der Waals surface area contributed by atoms with Crippen LogP contribution in [0.15, 0.2) is 24.3 Å². The SMILES string of the molecule is Cc1cccc(CNc2nc(Cl)nnc2Cl)c1. The topological polar surface area (TPSA) is 50.7 Å². The number of aromatic nitrogens is 3. The van der Waals surface area contributed by atoms with Crippen LogP contribution in [0.25, 0.3) is 0 Å². The van der Waals surface area contributed by atoms with Gasteiger partial charge >= 0.3 is 0 Å². The van der Waals surface area contributed by atoms with E-state index in [1.54, 1.807) is 0 Å². The predicted molar refractivity (Wildman–Crippen MR) is 68.4 cm³/mol. The molecule has 0 aliphatic heterocycles. The molecule has 0 atom stereocenters. The van der Waals surface area contributed by atoms with E-state index in [4.69, 9.17) is 23.2 Å². The average molecular weight is 269 g/mol. The number of halogens is 2. The highest BCUT2D eigenvalue weighted by atomic mass is 35.5.